The van der Waals surface area contributed by atoms with Crippen LogP contribution in [0.25, 0.3) is 5.65 Å². The molecule has 3 rings (SSSR count). The van der Waals surface area contributed by atoms with Gasteiger partial charge in [-0.15, -0.1) is 24.2 Å². The number of carbonyl (C=O) groups is 2. The molecule has 8 heteroatoms. The first-order chi connectivity index (χ1) is 12.2. The Morgan fingerprint density at radius 3 is 2.92 bits per heavy atom. The Morgan fingerprint density at radius 1 is 1.27 bits per heavy atom. The monoisotopic (exact) mass is 411 g/mol. The van der Waals surface area contributed by atoms with Gasteiger partial charge in [0.15, 0.2) is 0 Å². The van der Waals surface area contributed by atoms with Gasteiger partial charge in [0.05, 0.1) is 9.93 Å². The lowest BCUT2D eigenvalue weighted by molar-refractivity contribution is -0.122. The van der Waals surface area contributed by atoms with Gasteiger partial charge in [-0.1, -0.05) is 25.5 Å². The number of nitrogens with zero attached hydrogens (tertiary/aromatic N) is 3. The van der Waals surface area contributed by atoms with Crippen LogP contribution in [-0.2, 0) is 4.79 Å². The number of carbonyl (C=O) groups excluding carboxylic acids is 2. The number of imide groups is 1. The molecule has 0 bridgehead atoms. The van der Waals surface area contributed by atoms with E-state index in [1.54, 1.807) is 18.0 Å². The van der Waals surface area contributed by atoms with Gasteiger partial charge in [0.1, 0.15) is 5.65 Å². The van der Waals surface area contributed by atoms with E-state index < -0.39 is 0 Å². The van der Waals surface area contributed by atoms with E-state index in [1.165, 1.54) is 4.90 Å². The maximum Gasteiger partial charge on any atom is 0.293 e. The second-order valence-electron chi connectivity index (χ2n) is 5.76. The molecule has 1 saturated heterocycles. The Bertz CT molecular complexity index is 807. The summed E-state index contributed by atoms with van der Waals surface area (Å²) < 4.78 is 2.07. The van der Waals surface area contributed by atoms with Gasteiger partial charge in [-0.2, -0.15) is 0 Å². The van der Waals surface area contributed by atoms with Crippen LogP contribution in [0.3, 0.4) is 0 Å². The fourth-order valence-electron chi connectivity index (χ4n) is 2.59. The van der Waals surface area contributed by atoms with E-state index in [1.807, 2.05) is 24.4 Å². The summed E-state index contributed by atoms with van der Waals surface area (Å²) in [4.78, 5) is 30.5. The molecule has 1 fully saturated rings. The highest BCUT2D eigenvalue weighted by Crippen LogP contribution is 2.31. The molecule has 0 saturated carbocycles. The first kappa shape index (κ1) is 20.9. The third-order valence-electron chi connectivity index (χ3n) is 3.91. The summed E-state index contributed by atoms with van der Waals surface area (Å²) >= 11 is 2.84. The van der Waals surface area contributed by atoms with Gasteiger partial charge in [0.25, 0.3) is 11.1 Å². The standard InChI is InChI=1S/C18H21N3O2S2.ClH/c1-2-3-7-14-17(22)21(18(23)25-14)11-4-5-13-24-16-9-6-8-15-19-10-12-20(15)16;/h6-10,12H,2-5,11,13H2,1H3;1H. The number of aromatic nitrogens is 2. The van der Waals surface area contributed by atoms with Crippen LogP contribution >= 0.6 is 35.9 Å². The number of amides is 2. The van der Waals surface area contributed by atoms with Crippen molar-refractivity contribution >= 4 is 52.7 Å². The van der Waals surface area contributed by atoms with E-state index in [9.17, 15) is 9.59 Å². The number of allylic oxidation sites excluding steroid dienone is 1. The van der Waals surface area contributed by atoms with Crippen molar-refractivity contribution in [3.05, 3.63) is 41.6 Å². The Labute approximate surface area is 168 Å². The Kier molecular flexibility index (Phi) is 8.06. The summed E-state index contributed by atoms with van der Waals surface area (Å²) in [6.07, 6.45) is 9.23. The summed E-state index contributed by atoms with van der Waals surface area (Å²) in [5, 5.41) is 1.02. The first-order valence-electron chi connectivity index (χ1n) is 8.49. The Hall–Kier alpha value is -1.44. The van der Waals surface area contributed by atoms with Crippen molar-refractivity contribution in [1.82, 2.24) is 14.3 Å². The van der Waals surface area contributed by atoms with Crippen molar-refractivity contribution in [2.24, 2.45) is 0 Å². The van der Waals surface area contributed by atoms with Crippen LogP contribution in [0.4, 0.5) is 4.79 Å². The van der Waals surface area contributed by atoms with Crippen LogP contribution < -0.4 is 0 Å². The van der Waals surface area contributed by atoms with Gasteiger partial charge in [0.2, 0.25) is 0 Å². The molecule has 0 radical (unpaired) electrons. The zero-order chi connectivity index (χ0) is 17.6. The average molecular weight is 412 g/mol. The summed E-state index contributed by atoms with van der Waals surface area (Å²) in [6, 6.07) is 6.07. The van der Waals surface area contributed by atoms with E-state index in [-0.39, 0.29) is 23.6 Å². The molecule has 0 spiro atoms. The summed E-state index contributed by atoms with van der Waals surface area (Å²) in [6.45, 7) is 2.56. The van der Waals surface area contributed by atoms with Gasteiger partial charge >= 0.3 is 0 Å². The van der Waals surface area contributed by atoms with Crippen molar-refractivity contribution in [1.29, 1.82) is 0 Å². The van der Waals surface area contributed by atoms with Crippen LogP contribution in [0.1, 0.15) is 32.6 Å². The van der Waals surface area contributed by atoms with Gasteiger partial charge in [0, 0.05) is 18.9 Å². The normalized spacial score (nSPS) is 15.9. The molecule has 0 atom stereocenters. The van der Waals surface area contributed by atoms with E-state index >= 15 is 0 Å². The number of thioether (sulfide) groups is 2. The summed E-state index contributed by atoms with van der Waals surface area (Å²) in [5.74, 6) is 0.818. The molecule has 140 valence electrons. The number of hydrogen-bond acceptors (Lipinski definition) is 5. The number of halogens is 1. The molecule has 3 heterocycles. The number of hydrogen-bond donors (Lipinski definition) is 0. The Balaban J connectivity index is 0.00000243. The lowest BCUT2D eigenvalue weighted by atomic mass is 10.3. The Morgan fingerprint density at radius 2 is 2.12 bits per heavy atom. The third-order valence-corrected chi connectivity index (χ3v) is 5.99. The third kappa shape index (κ3) is 4.84. The van der Waals surface area contributed by atoms with Gasteiger partial charge in [-0.25, -0.2) is 4.98 Å². The fraction of sp³-hybridized carbons (Fsp3) is 0.389. The van der Waals surface area contributed by atoms with Crippen LogP contribution in [0.2, 0.25) is 0 Å². The lowest BCUT2D eigenvalue weighted by Crippen LogP contribution is -2.29. The van der Waals surface area contributed by atoms with Crippen molar-refractivity contribution in [2.45, 2.75) is 37.6 Å². The topological polar surface area (TPSA) is 54.7 Å². The molecule has 0 N–H and O–H groups in total. The molecule has 2 amide bonds. The molecule has 0 aromatic carbocycles. The van der Waals surface area contributed by atoms with E-state index in [2.05, 4.69) is 22.4 Å². The molecule has 2 aromatic heterocycles. The summed E-state index contributed by atoms with van der Waals surface area (Å²) in [7, 11) is 0. The SMILES string of the molecule is CCCC=C1SC(=O)N(CCCCSc2cccc3nccn23)C1=O.Cl. The zero-order valence-corrected chi connectivity index (χ0v) is 17.0. The van der Waals surface area contributed by atoms with Crippen LogP contribution in [0, 0.1) is 0 Å². The minimum Gasteiger partial charge on any atom is -0.294 e. The van der Waals surface area contributed by atoms with Crippen molar-refractivity contribution in [3.63, 3.8) is 0 Å². The first-order valence-corrected chi connectivity index (χ1v) is 10.3. The van der Waals surface area contributed by atoms with Gasteiger partial charge < -0.3 is 0 Å². The second-order valence-corrected chi connectivity index (χ2v) is 7.87. The van der Waals surface area contributed by atoms with Gasteiger partial charge in [-0.3, -0.25) is 18.9 Å². The van der Waals surface area contributed by atoms with Crippen molar-refractivity contribution < 1.29 is 9.59 Å². The smallest absolute Gasteiger partial charge is 0.293 e. The molecular weight excluding hydrogens is 390 g/mol. The highest BCUT2D eigenvalue weighted by Gasteiger charge is 2.34. The molecule has 5 nitrogen and oxygen atoms in total. The quantitative estimate of drug-likeness (QED) is 0.347. The second kappa shape index (κ2) is 10.0. The van der Waals surface area contributed by atoms with E-state index in [0.29, 0.717) is 11.4 Å². The molecule has 0 aliphatic carbocycles. The van der Waals surface area contributed by atoms with E-state index in [0.717, 1.165) is 53.9 Å². The van der Waals surface area contributed by atoms with Crippen LogP contribution in [0.5, 0.6) is 0 Å². The van der Waals surface area contributed by atoms with Crippen LogP contribution in [0.15, 0.2) is 46.6 Å². The van der Waals surface area contributed by atoms with E-state index in [4.69, 9.17) is 0 Å². The summed E-state index contributed by atoms with van der Waals surface area (Å²) in [5.41, 5.74) is 0.946. The minimum absolute atomic E-state index is 0. The molecule has 1 aliphatic rings. The number of pyridine rings is 1. The molecule has 1 aliphatic heterocycles. The maximum atomic E-state index is 12.2. The zero-order valence-electron chi connectivity index (χ0n) is 14.6. The lowest BCUT2D eigenvalue weighted by Gasteiger charge is -2.12. The highest BCUT2D eigenvalue weighted by molar-refractivity contribution is 8.18. The van der Waals surface area contributed by atoms with Gasteiger partial charge in [-0.05, 0) is 48.9 Å². The largest absolute Gasteiger partial charge is 0.294 e. The number of fused-ring (bicyclic) bond motifs is 1. The van der Waals surface area contributed by atoms with Crippen molar-refractivity contribution in [2.75, 3.05) is 12.3 Å². The number of rotatable bonds is 8. The molecular formula is C18H22ClN3O2S2. The number of imidazole rings is 1. The highest BCUT2D eigenvalue weighted by atomic mass is 35.5. The van der Waals surface area contributed by atoms with Crippen LogP contribution in [-0.4, -0.2) is 37.7 Å². The maximum absolute atomic E-state index is 12.2. The predicted octanol–water partition coefficient (Wildman–Crippen LogP) is 5.01. The molecule has 0 unspecified atom stereocenters. The number of unbranched alkanes of at least 4 members (excludes halogenated alkanes) is 2. The average Bonchev–Trinajstić information content (AvgIpc) is 3.19. The fourth-order valence-corrected chi connectivity index (χ4v) is 4.49. The predicted molar refractivity (Wildman–Crippen MR) is 110 cm³/mol. The molecule has 26 heavy (non-hydrogen) atoms. The molecule has 2 aromatic rings. The van der Waals surface area contributed by atoms with Crippen molar-refractivity contribution in [3.8, 4) is 0 Å². The minimum atomic E-state index is -0.136.